The monoisotopic (exact) mass is 341 g/mol. The Morgan fingerprint density at radius 3 is 2.72 bits per heavy atom. The Kier molecular flexibility index (Phi) is 4.46. The lowest BCUT2D eigenvalue weighted by molar-refractivity contribution is 0.0650. The van der Waals surface area contributed by atoms with Crippen molar-refractivity contribution in [3.63, 3.8) is 0 Å². The number of likely N-dealkylation sites (N-methyl/N-ethyl adjacent to an activating group) is 1. The minimum Gasteiger partial charge on any atom is -0.334 e. The molecule has 2 aromatic rings. The number of hydrogen-bond donors (Lipinski definition) is 0. The van der Waals surface area contributed by atoms with Crippen LogP contribution in [0.5, 0.6) is 0 Å². The highest BCUT2D eigenvalue weighted by Crippen LogP contribution is 2.31. The molecule has 1 aromatic carbocycles. The number of carbonyl (C=O) groups is 1. The predicted molar refractivity (Wildman–Crippen MR) is 97.5 cm³/mol. The molecule has 2 atom stereocenters. The lowest BCUT2D eigenvalue weighted by Crippen LogP contribution is -2.48. The molecule has 3 heterocycles. The molecule has 1 amide bonds. The smallest absolute Gasteiger partial charge is 0.254 e. The van der Waals surface area contributed by atoms with E-state index in [2.05, 4.69) is 27.0 Å². The van der Waals surface area contributed by atoms with Crippen molar-refractivity contribution >= 4 is 16.9 Å². The summed E-state index contributed by atoms with van der Waals surface area (Å²) in [5, 5.41) is 8.36. The van der Waals surface area contributed by atoms with E-state index in [1.165, 1.54) is 19.4 Å². The molecular weight excluding hydrogens is 314 g/mol. The van der Waals surface area contributed by atoms with Gasteiger partial charge >= 0.3 is 0 Å². The maximum absolute atomic E-state index is 13.2. The molecule has 6 heteroatoms. The molecule has 134 valence electrons. The topological polar surface area (TPSA) is 54.3 Å². The summed E-state index contributed by atoms with van der Waals surface area (Å²) in [7, 11) is 0. The lowest BCUT2D eigenvalue weighted by Gasteiger charge is -2.34. The van der Waals surface area contributed by atoms with Gasteiger partial charge in [-0.05, 0) is 63.9 Å². The van der Waals surface area contributed by atoms with Crippen LogP contribution in [0.4, 0.5) is 0 Å². The Morgan fingerprint density at radius 2 is 1.92 bits per heavy atom. The maximum Gasteiger partial charge on any atom is 0.254 e. The molecule has 0 unspecified atom stereocenters. The minimum atomic E-state index is 0.151. The van der Waals surface area contributed by atoms with Gasteiger partial charge in [0.1, 0.15) is 5.52 Å². The molecule has 0 aliphatic carbocycles. The number of carbonyl (C=O) groups excluding carboxylic acids is 1. The second kappa shape index (κ2) is 6.75. The first kappa shape index (κ1) is 16.5. The molecule has 2 aliphatic rings. The van der Waals surface area contributed by atoms with E-state index in [0.717, 1.165) is 49.1 Å². The van der Waals surface area contributed by atoms with Crippen LogP contribution < -0.4 is 0 Å². The van der Waals surface area contributed by atoms with Crippen LogP contribution in [0.1, 0.15) is 49.9 Å². The molecule has 0 radical (unpaired) electrons. The summed E-state index contributed by atoms with van der Waals surface area (Å²) < 4.78 is 1.86. The van der Waals surface area contributed by atoms with E-state index in [9.17, 15) is 4.79 Å². The first-order valence-electron chi connectivity index (χ1n) is 9.61. The Hall–Kier alpha value is -1.95. The normalized spacial score (nSPS) is 24.5. The third-order valence-electron chi connectivity index (χ3n) is 5.89. The molecule has 2 saturated heterocycles. The standard InChI is InChI=1S/C19H27N5O/c1-3-22-11-5-7-17(22)18-8-6-12-23(18)19(25)14-9-10-16-15(13-14)20-21-24(16)4-2/h9-10,13,17-18H,3-8,11-12H2,1-2H3/t17-,18-/m1/s1. The zero-order chi connectivity index (χ0) is 17.4. The minimum absolute atomic E-state index is 0.151. The van der Waals surface area contributed by atoms with Crippen molar-refractivity contribution < 1.29 is 4.79 Å². The van der Waals surface area contributed by atoms with Gasteiger partial charge in [0.05, 0.1) is 5.52 Å². The van der Waals surface area contributed by atoms with Crippen molar-refractivity contribution in [2.24, 2.45) is 0 Å². The number of hydrogen-bond acceptors (Lipinski definition) is 4. The molecule has 0 spiro atoms. The third-order valence-corrected chi connectivity index (χ3v) is 5.89. The van der Waals surface area contributed by atoms with Gasteiger partial charge < -0.3 is 4.90 Å². The molecule has 1 aromatic heterocycles. The Morgan fingerprint density at radius 1 is 1.12 bits per heavy atom. The van der Waals surface area contributed by atoms with E-state index in [-0.39, 0.29) is 5.91 Å². The summed E-state index contributed by atoms with van der Waals surface area (Å²) in [6.07, 6.45) is 4.70. The van der Waals surface area contributed by atoms with Gasteiger partial charge in [0.25, 0.3) is 5.91 Å². The van der Waals surface area contributed by atoms with E-state index in [1.54, 1.807) is 0 Å². The summed E-state index contributed by atoms with van der Waals surface area (Å²) in [4.78, 5) is 17.8. The number of fused-ring (bicyclic) bond motifs is 1. The van der Waals surface area contributed by atoms with E-state index >= 15 is 0 Å². The van der Waals surface area contributed by atoms with Gasteiger partial charge in [-0.2, -0.15) is 0 Å². The zero-order valence-electron chi connectivity index (χ0n) is 15.2. The molecule has 6 nitrogen and oxygen atoms in total. The van der Waals surface area contributed by atoms with Crippen LogP contribution in [-0.4, -0.2) is 62.4 Å². The van der Waals surface area contributed by atoms with E-state index in [4.69, 9.17) is 0 Å². The fraction of sp³-hybridized carbons (Fsp3) is 0.632. The van der Waals surface area contributed by atoms with Gasteiger partial charge in [-0.3, -0.25) is 9.69 Å². The van der Waals surface area contributed by atoms with Crippen LogP contribution in [0, 0.1) is 0 Å². The number of nitrogens with zero attached hydrogens (tertiary/aromatic N) is 5. The van der Waals surface area contributed by atoms with Gasteiger partial charge in [0.15, 0.2) is 0 Å². The lowest BCUT2D eigenvalue weighted by atomic mass is 10.0. The predicted octanol–water partition coefficient (Wildman–Crippen LogP) is 2.54. The van der Waals surface area contributed by atoms with Crippen molar-refractivity contribution in [3.8, 4) is 0 Å². The van der Waals surface area contributed by atoms with Crippen LogP contribution in [0.3, 0.4) is 0 Å². The quantitative estimate of drug-likeness (QED) is 0.857. The molecule has 0 N–H and O–H groups in total. The molecule has 25 heavy (non-hydrogen) atoms. The number of likely N-dealkylation sites (tertiary alicyclic amines) is 2. The van der Waals surface area contributed by atoms with Gasteiger partial charge in [0, 0.05) is 30.7 Å². The van der Waals surface area contributed by atoms with Crippen molar-refractivity contribution in [1.82, 2.24) is 24.8 Å². The van der Waals surface area contributed by atoms with Crippen LogP contribution >= 0.6 is 0 Å². The number of aryl methyl sites for hydroxylation is 1. The fourth-order valence-corrected chi connectivity index (χ4v) is 4.63. The number of rotatable bonds is 4. The average Bonchev–Trinajstić information content (AvgIpc) is 3.37. The number of aromatic nitrogens is 3. The summed E-state index contributed by atoms with van der Waals surface area (Å²) >= 11 is 0. The number of amides is 1. The summed E-state index contributed by atoms with van der Waals surface area (Å²) in [6.45, 7) is 8.18. The zero-order valence-corrected chi connectivity index (χ0v) is 15.2. The summed E-state index contributed by atoms with van der Waals surface area (Å²) in [5.41, 5.74) is 2.54. The molecule has 2 fully saturated rings. The largest absolute Gasteiger partial charge is 0.334 e. The van der Waals surface area contributed by atoms with Crippen molar-refractivity contribution in [3.05, 3.63) is 23.8 Å². The highest BCUT2D eigenvalue weighted by atomic mass is 16.2. The summed E-state index contributed by atoms with van der Waals surface area (Å²) in [5.74, 6) is 0.151. The Balaban J connectivity index is 1.59. The van der Waals surface area contributed by atoms with Crippen LogP contribution in [0.2, 0.25) is 0 Å². The molecule has 0 saturated carbocycles. The third kappa shape index (κ3) is 2.82. The fourth-order valence-electron chi connectivity index (χ4n) is 4.63. The SMILES string of the molecule is CCN1CCC[C@@H]1[C@H]1CCCN1C(=O)c1ccc2c(c1)nnn2CC. The highest BCUT2D eigenvalue weighted by molar-refractivity contribution is 5.97. The Bertz CT molecular complexity index is 770. The molecule has 4 rings (SSSR count). The van der Waals surface area contributed by atoms with Crippen LogP contribution in [0.25, 0.3) is 11.0 Å². The van der Waals surface area contributed by atoms with Crippen molar-refractivity contribution in [1.29, 1.82) is 0 Å². The molecular formula is C19H27N5O. The first-order valence-corrected chi connectivity index (χ1v) is 9.61. The van der Waals surface area contributed by atoms with Crippen LogP contribution in [-0.2, 0) is 6.54 Å². The van der Waals surface area contributed by atoms with Crippen molar-refractivity contribution in [2.75, 3.05) is 19.6 Å². The molecule has 2 aliphatic heterocycles. The Labute approximate surface area is 148 Å². The highest BCUT2D eigenvalue weighted by Gasteiger charge is 2.39. The van der Waals surface area contributed by atoms with Crippen LogP contribution in [0.15, 0.2) is 18.2 Å². The van der Waals surface area contributed by atoms with Gasteiger partial charge in [-0.15, -0.1) is 5.10 Å². The van der Waals surface area contributed by atoms with Gasteiger partial charge in [0.2, 0.25) is 0 Å². The summed E-state index contributed by atoms with van der Waals surface area (Å²) in [6, 6.07) is 6.70. The second-order valence-electron chi connectivity index (χ2n) is 7.15. The van der Waals surface area contributed by atoms with E-state index in [0.29, 0.717) is 12.1 Å². The molecule has 0 bridgehead atoms. The maximum atomic E-state index is 13.2. The van der Waals surface area contributed by atoms with E-state index in [1.807, 2.05) is 29.8 Å². The van der Waals surface area contributed by atoms with E-state index < -0.39 is 0 Å². The average molecular weight is 341 g/mol. The van der Waals surface area contributed by atoms with Gasteiger partial charge in [-0.25, -0.2) is 4.68 Å². The number of benzene rings is 1. The second-order valence-corrected chi connectivity index (χ2v) is 7.15. The van der Waals surface area contributed by atoms with Gasteiger partial charge in [-0.1, -0.05) is 12.1 Å². The van der Waals surface area contributed by atoms with Crippen molar-refractivity contribution in [2.45, 2.75) is 58.2 Å². The first-order chi connectivity index (χ1) is 12.2.